The Balaban J connectivity index is 1.71. The van der Waals surface area contributed by atoms with Crippen LogP contribution in [0.5, 0.6) is 0 Å². The van der Waals surface area contributed by atoms with Gasteiger partial charge in [0.15, 0.2) is 0 Å². The van der Waals surface area contributed by atoms with Crippen LogP contribution in [0.1, 0.15) is 5.56 Å². The summed E-state index contributed by atoms with van der Waals surface area (Å²) in [5.74, 6) is -0.381. The Morgan fingerprint density at radius 3 is 2.71 bits per heavy atom. The maximum absolute atomic E-state index is 13.4. The van der Waals surface area contributed by atoms with Gasteiger partial charge in [-0.3, -0.25) is 4.79 Å². The Morgan fingerprint density at radius 1 is 1.14 bits per heavy atom. The first-order valence-corrected chi connectivity index (χ1v) is 7.02. The van der Waals surface area contributed by atoms with Crippen LogP contribution < -0.4 is 10.6 Å². The van der Waals surface area contributed by atoms with E-state index < -0.39 is 0 Å². The van der Waals surface area contributed by atoms with Gasteiger partial charge in [-0.25, -0.2) is 4.39 Å². The molecule has 1 amide bonds. The number of halogens is 2. The van der Waals surface area contributed by atoms with Crippen LogP contribution in [0.3, 0.4) is 0 Å². The zero-order valence-electron chi connectivity index (χ0n) is 11.4. The molecule has 0 aromatic heterocycles. The molecule has 3 nitrogen and oxygen atoms in total. The Bertz CT molecular complexity index is 619. The van der Waals surface area contributed by atoms with Crippen molar-refractivity contribution in [3.05, 3.63) is 64.9 Å². The van der Waals surface area contributed by atoms with E-state index in [1.54, 1.807) is 42.5 Å². The van der Waals surface area contributed by atoms with E-state index in [0.717, 1.165) is 0 Å². The first-order valence-electron chi connectivity index (χ1n) is 6.65. The summed E-state index contributed by atoms with van der Waals surface area (Å²) in [6.07, 6.45) is 0.539. The van der Waals surface area contributed by atoms with E-state index >= 15 is 0 Å². The van der Waals surface area contributed by atoms with Gasteiger partial charge in [-0.2, -0.15) is 0 Å². The van der Waals surface area contributed by atoms with Crippen molar-refractivity contribution in [1.29, 1.82) is 0 Å². The molecule has 2 rings (SSSR count). The maximum Gasteiger partial charge on any atom is 0.238 e. The summed E-state index contributed by atoms with van der Waals surface area (Å²) < 4.78 is 13.4. The fraction of sp³-hybridized carbons (Fsp3) is 0.188. The molecule has 0 heterocycles. The molecule has 0 aliphatic carbocycles. The van der Waals surface area contributed by atoms with E-state index in [1.807, 2.05) is 0 Å². The molecule has 0 aliphatic rings. The standard InChI is InChI=1S/C16H16ClFN2O/c17-13-5-3-6-14(10-13)20-16(21)11-19-9-8-12-4-1-2-7-15(12)18/h1-7,10,19H,8-9,11H2,(H,20,21). The fourth-order valence-electron chi connectivity index (χ4n) is 1.90. The summed E-state index contributed by atoms with van der Waals surface area (Å²) in [4.78, 5) is 11.7. The van der Waals surface area contributed by atoms with Gasteiger partial charge < -0.3 is 10.6 Å². The predicted octanol–water partition coefficient (Wildman–Crippen LogP) is 3.25. The molecule has 0 spiro atoms. The van der Waals surface area contributed by atoms with Crippen LogP contribution in [-0.4, -0.2) is 19.0 Å². The van der Waals surface area contributed by atoms with Crippen LogP contribution in [0.4, 0.5) is 10.1 Å². The number of benzene rings is 2. The highest BCUT2D eigenvalue weighted by Gasteiger charge is 2.03. The minimum absolute atomic E-state index is 0.161. The first-order chi connectivity index (χ1) is 10.1. The molecule has 0 fully saturated rings. The average Bonchev–Trinajstić information content (AvgIpc) is 2.45. The average molecular weight is 307 g/mol. The van der Waals surface area contributed by atoms with Gasteiger partial charge in [0.1, 0.15) is 5.82 Å². The van der Waals surface area contributed by atoms with Crippen molar-refractivity contribution in [3.8, 4) is 0 Å². The van der Waals surface area contributed by atoms with Gasteiger partial charge in [-0.15, -0.1) is 0 Å². The Hall–Kier alpha value is -1.91. The fourth-order valence-corrected chi connectivity index (χ4v) is 2.09. The smallest absolute Gasteiger partial charge is 0.238 e. The van der Waals surface area contributed by atoms with Crippen molar-refractivity contribution in [2.24, 2.45) is 0 Å². The van der Waals surface area contributed by atoms with Crippen molar-refractivity contribution < 1.29 is 9.18 Å². The SMILES string of the molecule is O=C(CNCCc1ccccc1F)Nc1cccc(Cl)c1. The lowest BCUT2D eigenvalue weighted by atomic mass is 10.1. The molecule has 0 saturated carbocycles. The van der Waals surface area contributed by atoms with Crippen LogP contribution in [0, 0.1) is 5.82 Å². The van der Waals surface area contributed by atoms with E-state index in [0.29, 0.717) is 29.2 Å². The van der Waals surface area contributed by atoms with Crippen LogP contribution in [0.25, 0.3) is 0 Å². The second-order valence-corrected chi connectivity index (χ2v) is 5.01. The van der Waals surface area contributed by atoms with Gasteiger partial charge in [-0.1, -0.05) is 35.9 Å². The third kappa shape index (κ3) is 5.17. The zero-order valence-corrected chi connectivity index (χ0v) is 12.2. The molecule has 0 radical (unpaired) electrons. The lowest BCUT2D eigenvalue weighted by Gasteiger charge is -2.07. The number of anilines is 1. The molecule has 5 heteroatoms. The van der Waals surface area contributed by atoms with Crippen LogP contribution in [0.2, 0.25) is 5.02 Å². The van der Waals surface area contributed by atoms with Crippen LogP contribution >= 0.6 is 11.6 Å². The predicted molar refractivity (Wildman–Crippen MR) is 83.1 cm³/mol. The van der Waals surface area contributed by atoms with Gasteiger partial charge in [-0.05, 0) is 42.8 Å². The van der Waals surface area contributed by atoms with E-state index in [2.05, 4.69) is 10.6 Å². The molecule has 2 aromatic carbocycles. The molecule has 0 unspecified atom stereocenters. The van der Waals surface area contributed by atoms with Crippen molar-refractivity contribution in [3.63, 3.8) is 0 Å². The summed E-state index contributed by atoms with van der Waals surface area (Å²) in [5.41, 5.74) is 1.30. The lowest BCUT2D eigenvalue weighted by molar-refractivity contribution is -0.115. The monoisotopic (exact) mass is 306 g/mol. The van der Waals surface area contributed by atoms with Crippen LogP contribution in [-0.2, 0) is 11.2 Å². The quantitative estimate of drug-likeness (QED) is 0.804. The zero-order chi connectivity index (χ0) is 15.1. The van der Waals surface area contributed by atoms with Gasteiger partial charge in [0.2, 0.25) is 5.91 Å². The summed E-state index contributed by atoms with van der Waals surface area (Å²) >= 11 is 5.84. The first kappa shape index (κ1) is 15.5. The lowest BCUT2D eigenvalue weighted by Crippen LogP contribution is -2.29. The van der Waals surface area contributed by atoms with E-state index in [9.17, 15) is 9.18 Å². The largest absolute Gasteiger partial charge is 0.325 e. The molecular formula is C16H16ClFN2O. The number of amides is 1. The molecule has 110 valence electrons. The molecule has 2 N–H and O–H groups in total. The van der Waals surface area contributed by atoms with Gasteiger partial charge >= 0.3 is 0 Å². The molecule has 2 aromatic rings. The highest BCUT2D eigenvalue weighted by Crippen LogP contribution is 2.14. The van der Waals surface area contributed by atoms with Gasteiger partial charge in [0.05, 0.1) is 6.54 Å². The Morgan fingerprint density at radius 2 is 1.95 bits per heavy atom. The molecule has 21 heavy (non-hydrogen) atoms. The summed E-state index contributed by atoms with van der Waals surface area (Å²) in [6, 6.07) is 13.6. The number of carbonyl (C=O) groups excluding carboxylic acids is 1. The number of rotatable bonds is 6. The van der Waals surface area contributed by atoms with Crippen molar-refractivity contribution in [1.82, 2.24) is 5.32 Å². The summed E-state index contributed by atoms with van der Waals surface area (Å²) in [6.45, 7) is 0.699. The number of nitrogens with one attached hydrogen (secondary N) is 2. The molecule has 0 bridgehead atoms. The highest BCUT2D eigenvalue weighted by atomic mass is 35.5. The summed E-state index contributed by atoms with van der Waals surface area (Å²) in [5, 5.41) is 6.29. The van der Waals surface area contributed by atoms with Crippen molar-refractivity contribution in [2.75, 3.05) is 18.4 Å². The van der Waals surface area contributed by atoms with Crippen molar-refractivity contribution in [2.45, 2.75) is 6.42 Å². The van der Waals surface area contributed by atoms with Gasteiger partial charge in [0, 0.05) is 10.7 Å². The highest BCUT2D eigenvalue weighted by molar-refractivity contribution is 6.30. The molecule has 0 saturated heterocycles. The van der Waals surface area contributed by atoms with Gasteiger partial charge in [0.25, 0.3) is 0 Å². The molecular weight excluding hydrogens is 291 g/mol. The maximum atomic E-state index is 13.4. The third-order valence-electron chi connectivity index (χ3n) is 2.92. The Kier molecular flexibility index (Phi) is 5.72. The number of hydrogen-bond donors (Lipinski definition) is 2. The third-order valence-corrected chi connectivity index (χ3v) is 3.16. The van der Waals surface area contributed by atoms with Crippen LogP contribution in [0.15, 0.2) is 48.5 Å². The second-order valence-electron chi connectivity index (χ2n) is 4.58. The normalized spacial score (nSPS) is 10.4. The molecule has 0 atom stereocenters. The minimum atomic E-state index is -0.220. The second kappa shape index (κ2) is 7.76. The van der Waals surface area contributed by atoms with E-state index in [1.165, 1.54) is 6.07 Å². The van der Waals surface area contributed by atoms with Crippen molar-refractivity contribution >= 4 is 23.2 Å². The summed E-state index contributed by atoms with van der Waals surface area (Å²) in [7, 11) is 0. The van der Waals surface area contributed by atoms with E-state index in [-0.39, 0.29) is 18.3 Å². The number of carbonyl (C=O) groups is 1. The molecule has 0 aliphatic heterocycles. The minimum Gasteiger partial charge on any atom is -0.325 e. The Labute approximate surface area is 128 Å². The number of hydrogen-bond acceptors (Lipinski definition) is 2. The topological polar surface area (TPSA) is 41.1 Å². The van der Waals surface area contributed by atoms with E-state index in [4.69, 9.17) is 11.6 Å².